The molecular formula is C21H26N2O3S. The first-order chi connectivity index (χ1) is 12.7. The van der Waals surface area contributed by atoms with Gasteiger partial charge < -0.3 is 4.90 Å². The first-order valence-electron chi connectivity index (χ1n) is 9.19. The van der Waals surface area contributed by atoms with Crippen molar-refractivity contribution < 1.29 is 13.2 Å². The highest BCUT2D eigenvalue weighted by molar-refractivity contribution is 7.90. The van der Waals surface area contributed by atoms with E-state index in [0.717, 1.165) is 37.2 Å². The van der Waals surface area contributed by atoms with Crippen LogP contribution in [0.2, 0.25) is 0 Å². The number of anilines is 1. The molecule has 2 aromatic rings. The number of carbonyl (C=O) groups is 1. The summed E-state index contributed by atoms with van der Waals surface area (Å²) in [5.74, 6) is -0.615. The lowest BCUT2D eigenvalue weighted by atomic mass is 9.87. The maximum atomic E-state index is 12.6. The van der Waals surface area contributed by atoms with Gasteiger partial charge in [-0.1, -0.05) is 39.0 Å². The molecule has 0 aliphatic carbocycles. The quantitative estimate of drug-likeness (QED) is 0.870. The summed E-state index contributed by atoms with van der Waals surface area (Å²) in [6.45, 7) is 8.11. The summed E-state index contributed by atoms with van der Waals surface area (Å²) in [5.41, 5.74) is 2.26. The van der Waals surface area contributed by atoms with E-state index in [0.29, 0.717) is 5.56 Å². The van der Waals surface area contributed by atoms with Gasteiger partial charge in [-0.15, -0.1) is 0 Å². The van der Waals surface area contributed by atoms with Crippen LogP contribution < -0.4 is 9.62 Å². The minimum Gasteiger partial charge on any atom is -0.372 e. The van der Waals surface area contributed by atoms with Crippen molar-refractivity contribution in [3.8, 4) is 0 Å². The lowest BCUT2D eigenvalue weighted by molar-refractivity contribution is 0.0981. The van der Waals surface area contributed by atoms with E-state index in [1.165, 1.54) is 12.1 Å². The predicted molar refractivity (Wildman–Crippen MR) is 108 cm³/mol. The Bertz CT molecular complexity index is 923. The van der Waals surface area contributed by atoms with Crippen molar-refractivity contribution in [2.45, 2.75) is 43.9 Å². The van der Waals surface area contributed by atoms with Crippen molar-refractivity contribution in [3.05, 3.63) is 59.7 Å². The van der Waals surface area contributed by atoms with E-state index >= 15 is 0 Å². The largest absolute Gasteiger partial charge is 0.372 e. The zero-order valence-electron chi connectivity index (χ0n) is 16.0. The minimum atomic E-state index is -3.91. The van der Waals surface area contributed by atoms with Gasteiger partial charge in [0.2, 0.25) is 0 Å². The normalized spacial score (nSPS) is 15.0. The van der Waals surface area contributed by atoms with Crippen molar-refractivity contribution >= 4 is 21.6 Å². The molecule has 6 heteroatoms. The number of nitrogens with zero attached hydrogens (tertiary/aromatic N) is 1. The van der Waals surface area contributed by atoms with E-state index in [1.54, 1.807) is 30.3 Å². The zero-order valence-corrected chi connectivity index (χ0v) is 16.8. The third kappa shape index (κ3) is 4.50. The van der Waals surface area contributed by atoms with Gasteiger partial charge in [0.15, 0.2) is 0 Å². The molecule has 27 heavy (non-hydrogen) atoms. The third-order valence-corrected chi connectivity index (χ3v) is 6.18. The fraction of sp³-hybridized carbons (Fsp3) is 0.381. The Labute approximate surface area is 161 Å². The van der Waals surface area contributed by atoms with Gasteiger partial charge in [0.1, 0.15) is 0 Å². The summed E-state index contributed by atoms with van der Waals surface area (Å²) >= 11 is 0. The average Bonchev–Trinajstić information content (AvgIpc) is 3.15. The summed E-state index contributed by atoms with van der Waals surface area (Å²) < 4.78 is 27.3. The number of nitrogens with one attached hydrogen (secondary N) is 1. The van der Waals surface area contributed by atoms with Crippen molar-refractivity contribution in [2.75, 3.05) is 18.0 Å². The average molecular weight is 387 g/mol. The van der Waals surface area contributed by atoms with Gasteiger partial charge in [-0.2, -0.15) is 0 Å². The van der Waals surface area contributed by atoms with E-state index in [4.69, 9.17) is 0 Å². The molecule has 1 aliphatic heterocycles. The SMILES string of the molecule is CC(C)(C)c1ccc(S(=O)(=O)NC(=O)c2cccc(N3CCCC3)c2)cc1. The minimum absolute atomic E-state index is 0.0679. The fourth-order valence-electron chi connectivity index (χ4n) is 3.19. The maximum absolute atomic E-state index is 12.6. The number of hydrogen-bond acceptors (Lipinski definition) is 4. The summed E-state index contributed by atoms with van der Waals surface area (Å²) in [6.07, 6.45) is 2.27. The van der Waals surface area contributed by atoms with Crippen molar-refractivity contribution in [1.82, 2.24) is 4.72 Å². The Morgan fingerprint density at radius 2 is 1.63 bits per heavy atom. The van der Waals surface area contributed by atoms with E-state index in [1.807, 2.05) is 6.07 Å². The topological polar surface area (TPSA) is 66.5 Å². The molecule has 2 aromatic carbocycles. The summed E-state index contributed by atoms with van der Waals surface area (Å²) in [4.78, 5) is 14.8. The number of benzene rings is 2. The second-order valence-corrected chi connectivity index (χ2v) is 9.64. The molecule has 0 saturated carbocycles. The van der Waals surface area contributed by atoms with E-state index in [9.17, 15) is 13.2 Å². The van der Waals surface area contributed by atoms with Crippen molar-refractivity contribution in [3.63, 3.8) is 0 Å². The number of amides is 1. The van der Waals surface area contributed by atoms with Crippen LogP contribution in [-0.2, 0) is 15.4 Å². The predicted octanol–water partition coefficient (Wildman–Crippen LogP) is 3.70. The van der Waals surface area contributed by atoms with Crippen LogP contribution in [0.5, 0.6) is 0 Å². The van der Waals surface area contributed by atoms with Crippen LogP contribution >= 0.6 is 0 Å². The Morgan fingerprint density at radius 1 is 1.00 bits per heavy atom. The Balaban J connectivity index is 1.77. The molecular weight excluding hydrogens is 360 g/mol. The molecule has 0 radical (unpaired) electrons. The lowest BCUT2D eigenvalue weighted by Gasteiger charge is -2.19. The number of carbonyl (C=O) groups excluding carboxylic acids is 1. The van der Waals surface area contributed by atoms with Gasteiger partial charge >= 0.3 is 0 Å². The highest BCUT2D eigenvalue weighted by Gasteiger charge is 2.21. The molecule has 0 bridgehead atoms. The van der Waals surface area contributed by atoms with Crippen LogP contribution in [0.4, 0.5) is 5.69 Å². The second kappa shape index (κ2) is 7.35. The highest BCUT2D eigenvalue weighted by Crippen LogP contribution is 2.24. The van der Waals surface area contributed by atoms with Crippen LogP contribution in [0.3, 0.4) is 0 Å². The molecule has 144 valence electrons. The van der Waals surface area contributed by atoms with E-state index in [-0.39, 0.29) is 10.3 Å². The van der Waals surface area contributed by atoms with Gasteiger partial charge in [-0.25, -0.2) is 13.1 Å². The Kier molecular flexibility index (Phi) is 5.29. The van der Waals surface area contributed by atoms with Crippen LogP contribution in [0.25, 0.3) is 0 Å². The van der Waals surface area contributed by atoms with Crippen LogP contribution in [0.15, 0.2) is 53.4 Å². The Hall–Kier alpha value is -2.34. The number of sulfonamides is 1. The molecule has 1 aliphatic rings. The van der Waals surface area contributed by atoms with Crippen LogP contribution in [0, 0.1) is 0 Å². The summed E-state index contributed by atoms with van der Waals surface area (Å²) in [7, 11) is -3.91. The summed E-state index contributed by atoms with van der Waals surface area (Å²) in [6, 6.07) is 13.8. The molecule has 1 amide bonds. The van der Waals surface area contributed by atoms with Crippen molar-refractivity contribution in [1.29, 1.82) is 0 Å². The van der Waals surface area contributed by atoms with Crippen LogP contribution in [-0.4, -0.2) is 27.4 Å². The molecule has 1 heterocycles. The second-order valence-electron chi connectivity index (χ2n) is 7.95. The molecule has 0 atom stereocenters. The summed E-state index contributed by atoms with van der Waals surface area (Å²) in [5, 5.41) is 0. The molecule has 1 fully saturated rings. The van der Waals surface area contributed by atoms with Crippen molar-refractivity contribution in [2.24, 2.45) is 0 Å². The van der Waals surface area contributed by atoms with Gasteiger partial charge in [-0.3, -0.25) is 4.79 Å². The molecule has 0 spiro atoms. The van der Waals surface area contributed by atoms with E-state index in [2.05, 4.69) is 30.4 Å². The molecule has 5 nitrogen and oxygen atoms in total. The number of rotatable bonds is 4. The molecule has 3 rings (SSSR count). The smallest absolute Gasteiger partial charge is 0.265 e. The van der Waals surface area contributed by atoms with Crippen LogP contribution in [0.1, 0.15) is 49.5 Å². The molecule has 0 unspecified atom stereocenters. The highest BCUT2D eigenvalue weighted by atomic mass is 32.2. The number of hydrogen-bond donors (Lipinski definition) is 1. The lowest BCUT2D eigenvalue weighted by Crippen LogP contribution is -2.31. The first kappa shape index (κ1) is 19.4. The van der Waals surface area contributed by atoms with Gasteiger partial charge in [0, 0.05) is 24.3 Å². The maximum Gasteiger partial charge on any atom is 0.265 e. The Morgan fingerprint density at radius 3 is 2.22 bits per heavy atom. The molecule has 1 saturated heterocycles. The standard InChI is InChI=1S/C21H26N2O3S/c1-21(2,3)17-9-11-19(12-10-17)27(25,26)22-20(24)16-7-6-8-18(15-16)23-13-4-5-14-23/h6-12,15H,4-5,13-14H2,1-3H3,(H,22,24). The van der Waals surface area contributed by atoms with E-state index < -0.39 is 15.9 Å². The van der Waals surface area contributed by atoms with Gasteiger partial charge in [0.25, 0.3) is 15.9 Å². The molecule has 0 aromatic heterocycles. The monoisotopic (exact) mass is 386 g/mol. The first-order valence-corrected chi connectivity index (χ1v) is 10.7. The molecule has 1 N–H and O–H groups in total. The zero-order chi connectivity index (χ0) is 19.7. The third-order valence-electron chi connectivity index (χ3n) is 4.84. The van der Waals surface area contributed by atoms with Gasteiger partial charge in [-0.05, 0) is 54.2 Å². The fourth-order valence-corrected chi connectivity index (χ4v) is 4.17. The van der Waals surface area contributed by atoms with Gasteiger partial charge in [0.05, 0.1) is 4.90 Å².